The van der Waals surface area contributed by atoms with Gasteiger partial charge in [0.05, 0.1) is 6.10 Å². The maximum Gasteiger partial charge on any atom is 0.0558 e. The molecule has 1 aliphatic carbocycles. The highest BCUT2D eigenvalue weighted by Gasteiger charge is 2.40. The van der Waals surface area contributed by atoms with E-state index in [2.05, 4.69) is 0 Å². The molecule has 1 fully saturated rings. The summed E-state index contributed by atoms with van der Waals surface area (Å²) in [6.07, 6.45) is 0.479. The number of hydrogen-bond acceptors (Lipinski definition) is 3. The molecular formula is C7H15NO2. The SMILES string of the molecule is CC(O)C1C(N)CC1CO. The molecule has 4 N–H and O–H groups in total. The Morgan fingerprint density at radius 3 is 2.50 bits per heavy atom. The van der Waals surface area contributed by atoms with E-state index in [-0.39, 0.29) is 30.6 Å². The van der Waals surface area contributed by atoms with Crippen LogP contribution in [0.1, 0.15) is 13.3 Å². The smallest absolute Gasteiger partial charge is 0.0558 e. The number of aliphatic hydroxyl groups is 2. The lowest BCUT2D eigenvalue weighted by Crippen LogP contribution is -2.53. The van der Waals surface area contributed by atoms with Crippen LogP contribution in [0.4, 0.5) is 0 Å². The normalized spacial score (nSPS) is 42.6. The predicted octanol–water partition coefficient (Wildman–Crippen LogP) is -0.677. The van der Waals surface area contributed by atoms with Gasteiger partial charge in [0.15, 0.2) is 0 Å². The Balaban J connectivity index is 2.40. The number of hydrogen-bond donors (Lipinski definition) is 3. The van der Waals surface area contributed by atoms with Crippen LogP contribution in [-0.2, 0) is 0 Å². The van der Waals surface area contributed by atoms with Crippen molar-refractivity contribution in [2.75, 3.05) is 6.61 Å². The molecule has 10 heavy (non-hydrogen) atoms. The molecule has 0 aromatic carbocycles. The Bertz CT molecular complexity index is 111. The van der Waals surface area contributed by atoms with Gasteiger partial charge in [0.25, 0.3) is 0 Å². The molecule has 1 saturated carbocycles. The molecule has 0 bridgehead atoms. The fraction of sp³-hybridized carbons (Fsp3) is 1.00. The number of nitrogens with two attached hydrogens (primary N) is 1. The summed E-state index contributed by atoms with van der Waals surface area (Å²) < 4.78 is 0. The van der Waals surface area contributed by atoms with E-state index in [0.717, 1.165) is 6.42 Å². The minimum absolute atomic E-state index is 0.0946. The van der Waals surface area contributed by atoms with Gasteiger partial charge in [0, 0.05) is 18.6 Å². The molecule has 0 amide bonds. The molecule has 0 heterocycles. The Kier molecular flexibility index (Phi) is 2.28. The molecule has 4 unspecified atom stereocenters. The molecule has 3 heteroatoms. The second-order valence-electron chi connectivity index (χ2n) is 3.16. The van der Waals surface area contributed by atoms with Gasteiger partial charge in [-0.2, -0.15) is 0 Å². The summed E-state index contributed by atoms with van der Waals surface area (Å²) in [6, 6.07) is 0.0946. The number of aliphatic hydroxyl groups excluding tert-OH is 2. The zero-order valence-electron chi connectivity index (χ0n) is 6.20. The average Bonchev–Trinajstić information content (AvgIpc) is 1.80. The van der Waals surface area contributed by atoms with Crippen LogP contribution in [0, 0.1) is 11.8 Å². The summed E-state index contributed by atoms with van der Waals surface area (Å²) in [5.74, 6) is 0.347. The van der Waals surface area contributed by atoms with E-state index < -0.39 is 0 Å². The van der Waals surface area contributed by atoms with Crippen molar-refractivity contribution >= 4 is 0 Å². The summed E-state index contributed by atoms with van der Waals surface area (Å²) in [4.78, 5) is 0. The Labute approximate surface area is 60.9 Å². The highest BCUT2D eigenvalue weighted by atomic mass is 16.3. The second-order valence-corrected chi connectivity index (χ2v) is 3.16. The van der Waals surface area contributed by atoms with E-state index in [1.165, 1.54) is 0 Å². The minimum Gasteiger partial charge on any atom is -0.396 e. The van der Waals surface area contributed by atoms with Crippen molar-refractivity contribution in [3.8, 4) is 0 Å². The molecule has 0 aliphatic heterocycles. The third kappa shape index (κ3) is 1.17. The quantitative estimate of drug-likeness (QED) is 0.482. The van der Waals surface area contributed by atoms with Crippen LogP contribution in [-0.4, -0.2) is 29.0 Å². The van der Waals surface area contributed by atoms with Gasteiger partial charge in [-0.05, 0) is 19.3 Å². The molecule has 1 aliphatic rings. The Morgan fingerprint density at radius 2 is 2.30 bits per heavy atom. The summed E-state index contributed by atoms with van der Waals surface area (Å²) in [5.41, 5.74) is 5.62. The van der Waals surface area contributed by atoms with E-state index >= 15 is 0 Å². The molecule has 0 saturated heterocycles. The fourth-order valence-electron chi connectivity index (χ4n) is 1.77. The van der Waals surface area contributed by atoms with Crippen LogP contribution in [0.15, 0.2) is 0 Å². The van der Waals surface area contributed by atoms with Gasteiger partial charge in [-0.25, -0.2) is 0 Å². The van der Waals surface area contributed by atoms with E-state index in [1.54, 1.807) is 6.92 Å². The van der Waals surface area contributed by atoms with Crippen LogP contribution in [0.2, 0.25) is 0 Å². The lowest BCUT2D eigenvalue weighted by molar-refractivity contribution is -0.0200. The summed E-state index contributed by atoms with van der Waals surface area (Å²) in [7, 11) is 0. The Hall–Kier alpha value is -0.120. The molecule has 0 radical (unpaired) electrons. The third-order valence-corrected chi connectivity index (χ3v) is 2.41. The Morgan fingerprint density at radius 1 is 1.70 bits per heavy atom. The standard InChI is InChI=1S/C7H15NO2/c1-4(10)7-5(3-9)2-6(7)8/h4-7,9-10H,2-3,8H2,1H3. The van der Waals surface area contributed by atoms with Crippen molar-refractivity contribution in [1.82, 2.24) is 0 Å². The summed E-state index contributed by atoms with van der Waals surface area (Å²) >= 11 is 0. The third-order valence-electron chi connectivity index (χ3n) is 2.41. The molecule has 1 rings (SSSR count). The van der Waals surface area contributed by atoms with Crippen molar-refractivity contribution in [2.45, 2.75) is 25.5 Å². The molecule has 4 atom stereocenters. The second kappa shape index (κ2) is 2.86. The zero-order valence-corrected chi connectivity index (χ0v) is 6.20. The summed E-state index contributed by atoms with van der Waals surface area (Å²) in [5, 5.41) is 17.9. The predicted molar refractivity (Wildman–Crippen MR) is 38.3 cm³/mol. The molecule has 0 aromatic rings. The number of rotatable bonds is 2. The van der Waals surface area contributed by atoms with Crippen molar-refractivity contribution < 1.29 is 10.2 Å². The van der Waals surface area contributed by atoms with Crippen molar-refractivity contribution in [3.05, 3.63) is 0 Å². The van der Waals surface area contributed by atoms with Gasteiger partial charge in [-0.1, -0.05) is 0 Å². The monoisotopic (exact) mass is 145 g/mol. The first-order chi connectivity index (χ1) is 4.66. The van der Waals surface area contributed by atoms with Crippen molar-refractivity contribution in [3.63, 3.8) is 0 Å². The maximum absolute atomic E-state index is 9.15. The van der Waals surface area contributed by atoms with Gasteiger partial charge in [-0.3, -0.25) is 0 Å². The summed E-state index contributed by atoms with van der Waals surface area (Å²) in [6.45, 7) is 1.88. The van der Waals surface area contributed by atoms with Crippen LogP contribution >= 0.6 is 0 Å². The fourth-order valence-corrected chi connectivity index (χ4v) is 1.77. The van der Waals surface area contributed by atoms with E-state index in [9.17, 15) is 0 Å². The van der Waals surface area contributed by atoms with Gasteiger partial charge >= 0.3 is 0 Å². The van der Waals surface area contributed by atoms with Crippen LogP contribution in [0.25, 0.3) is 0 Å². The molecule has 3 nitrogen and oxygen atoms in total. The lowest BCUT2D eigenvalue weighted by atomic mass is 9.67. The highest BCUT2D eigenvalue weighted by Crippen LogP contribution is 2.35. The van der Waals surface area contributed by atoms with Gasteiger partial charge < -0.3 is 15.9 Å². The minimum atomic E-state index is -0.374. The van der Waals surface area contributed by atoms with Crippen LogP contribution in [0.5, 0.6) is 0 Å². The highest BCUT2D eigenvalue weighted by molar-refractivity contribution is 4.94. The van der Waals surface area contributed by atoms with Gasteiger partial charge in [0.2, 0.25) is 0 Å². The van der Waals surface area contributed by atoms with Crippen LogP contribution < -0.4 is 5.73 Å². The first-order valence-electron chi connectivity index (χ1n) is 3.71. The molecule has 0 aromatic heterocycles. The average molecular weight is 145 g/mol. The van der Waals surface area contributed by atoms with E-state index in [1.807, 2.05) is 0 Å². The first kappa shape index (κ1) is 7.98. The maximum atomic E-state index is 9.15. The topological polar surface area (TPSA) is 66.5 Å². The first-order valence-corrected chi connectivity index (χ1v) is 3.71. The van der Waals surface area contributed by atoms with E-state index in [0.29, 0.717) is 0 Å². The van der Waals surface area contributed by atoms with Gasteiger partial charge in [0.1, 0.15) is 0 Å². The van der Waals surface area contributed by atoms with Crippen molar-refractivity contribution in [2.24, 2.45) is 17.6 Å². The molecule has 60 valence electrons. The largest absolute Gasteiger partial charge is 0.396 e. The molecular weight excluding hydrogens is 130 g/mol. The van der Waals surface area contributed by atoms with Crippen molar-refractivity contribution in [1.29, 1.82) is 0 Å². The zero-order chi connectivity index (χ0) is 7.72. The van der Waals surface area contributed by atoms with E-state index in [4.69, 9.17) is 15.9 Å². The molecule has 0 spiro atoms. The van der Waals surface area contributed by atoms with Gasteiger partial charge in [-0.15, -0.1) is 0 Å². The lowest BCUT2D eigenvalue weighted by Gasteiger charge is -2.43. The van der Waals surface area contributed by atoms with Crippen LogP contribution in [0.3, 0.4) is 0 Å².